The van der Waals surface area contributed by atoms with Crippen LogP contribution in [0.25, 0.3) is 10.8 Å². The zero-order chi connectivity index (χ0) is 12.6. The Balaban J connectivity index is 2.77. The molecule has 88 valence electrons. The normalized spacial score (nSPS) is 10.5. The number of hydrogen-bond donors (Lipinski definition) is 1. The third-order valence-corrected chi connectivity index (χ3v) is 3.13. The monoisotopic (exact) mass is 271 g/mol. The summed E-state index contributed by atoms with van der Waals surface area (Å²) in [7, 11) is 1.21. The van der Waals surface area contributed by atoms with E-state index in [0.29, 0.717) is 15.8 Å². The van der Waals surface area contributed by atoms with Crippen LogP contribution in [0.1, 0.15) is 10.5 Å². The molecule has 0 unspecified atom stereocenters. The number of ether oxygens (including phenoxy) is 1. The minimum atomic E-state index is -0.713. The average Bonchev–Trinajstić information content (AvgIpc) is 2.33. The third kappa shape index (κ3) is 1.90. The standard InChI is InChI=1S/C11H7Cl2NO3/c1-17-11(16)9-10(15)5-2-3-7(12)8(13)6(5)4-14-9/h2-4,15H,1H3. The number of hydrogen-bond acceptors (Lipinski definition) is 4. The SMILES string of the molecule is COC(=O)c1ncc2c(Cl)c(Cl)ccc2c1O. The van der Waals surface area contributed by atoms with E-state index in [9.17, 15) is 9.90 Å². The molecule has 1 heterocycles. The summed E-state index contributed by atoms with van der Waals surface area (Å²) < 4.78 is 4.50. The van der Waals surface area contributed by atoms with E-state index in [0.717, 1.165) is 0 Å². The Bertz CT molecular complexity index is 613. The maximum Gasteiger partial charge on any atom is 0.360 e. The first-order chi connectivity index (χ1) is 8.06. The Morgan fingerprint density at radius 1 is 1.35 bits per heavy atom. The van der Waals surface area contributed by atoms with E-state index in [1.54, 1.807) is 6.07 Å². The number of carbonyl (C=O) groups excluding carboxylic acids is 1. The van der Waals surface area contributed by atoms with Crippen LogP contribution in [-0.2, 0) is 4.74 Å². The number of carbonyl (C=O) groups is 1. The molecule has 0 fully saturated rings. The van der Waals surface area contributed by atoms with Crippen molar-refractivity contribution in [2.24, 2.45) is 0 Å². The van der Waals surface area contributed by atoms with Crippen LogP contribution in [0, 0.1) is 0 Å². The van der Waals surface area contributed by atoms with Crippen molar-refractivity contribution in [3.8, 4) is 5.75 Å². The number of esters is 1. The van der Waals surface area contributed by atoms with Crippen molar-refractivity contribution in [3.63, 3.8) is 0 Å². The highest BCUT2D eigenvalue weighted by molar-refractivity contribution is 6.45. The third-order valence-electron chi connectivity index (χ3n) is 2.31. The molecule has 0 saturated carbocycles. The first kappa shape index (κ1) is 12.0. The molecule has 0 atom stereocenters. The zero-order valence-corrected chi connectivity index (χ0v) is 10.2. The lowest BCUT2D eigenvalue weighted by molar-refractivity contribution is 0.0591. The fraction of sp³-hybridized carbons (Fsp3) is 0.0909. The first-order valence-corrected chi connectivity index (χ1v) is 5.36. The van der Waals surface area contributed by atoms with Crippen molar-refractivity contribution >= 4 is 39.9 Å². The van der Waals surface area contributed by atoms with Gasteiger partial charge in [-0.25, -0.2) is 9.78 Å². The van der Waals surface area contributed by atoms with Crippen molar-refractivity contribution in [3.05, 3.63) is 34.1 Å². The van der Waals surface area contributed by atoms with Gasteiger partial charge in [-0.3, -0.25) is 0 Å². The van der Waals surface area contributed by atoms with Crippen molar-refractivity contribution in [1.82, 2.24) is 4.98 Å². The molecule has 0 bridgehead atoms. The van der Waals surface area contributed by atoms with Crippen LogP contribution in [0.2, 0.25) is 10.0 Å². The van der Waals surface area contributed by atoms with Crippen molar-refractivity contribution in [1.29, 1.82) is 0 Å². The van der Waals surface area contributed by atoms with Gasteiger partial charge in [0.05, 0.1) is 17.2 Å². The molecule has 2 rings (SSSR count). The van der Waals surface area contributed by atoms with E-state index in [1.165, 1.54) is 19.4 Å². The summed E-state index contributed by atoms with van der Waals surface area (Å²) in [6.45, 7) is 0. The second-order valence-corrected chi connectivity index (χ2v) is 4.05. The largest absolute Gasteiger partial charge is 0.505 e. The van der Waals surface area contributed by atoms with E-state index < -0.39 is 5.97 Å². The molecule has 4 nitrogen and oxygen atoms in total. The van der Waals surface area contributed by atoms with Gasteiger partial charge in [-0.15, -0.1) is 0 Å². The summed E-state index contributed by atoms with van der Waals surface area (Å²) >= 11 is 11.8. The second kappa shape index (κ2) is 4.39. The molecule has 0 aliphatic heterocycles. The van der Waals surface area contributed by atoms with Gasteiger partial charge in [-0.1, -0.05) is 23.2 Å². The maximum absolute atomic E-state index is 11.3. The molecule has 2 aromatic rings. The molecule has 1 N–H and O–H groups in total. The zero-order valence-electron chi connectivity index (χ0n) is 8.70. The van der Waals surface area contributed by atoms with E-state index in [4.69, 9.17) is 23.2 Å². The lowest BCUT2D eigenvalue weighted by Crippen LogP contribution is -2.04. The minimum Gasteiger partial charge on any atom is -0.505 e. The van der Waals surface area contributed by atoms with Crippen LogP contribution in [0.4, 0.5) is 0 Å². The Labute approximate surface area is 107 Å². The number of pyridine rings is 1. The van der Waals surface area contributed by atoms with Crippen LogP contribution in [-0.4, -0.2) is 23.2 Å². The number of halogens is 2. The van der Waals surface area contributed by atoms with Crippen LogP contribution < -0.4 is 0 Å². The molecule has 0 amide bonds. The lowest BCUT2D eigenvalue weighted by Gasteiger charge is -2.07. The van der Waals surface area contributed by atoms with E-state index in [-0.39, 0.29) is 16.5 Å². The van der Waals surface area contributed by atoms with Gasteiger partial charge in [0.2, 0.25) is 0 Å². The first-order valence-electron chi connectivity index (χ1n) is 4.60. The van der Waals surface area contributed by atoms with E-state index in [1.807, 2.05) is 0 Å². The molecule has 0 radical (unpaired) electrons. The maximum atomic E-state index is 11.3. The highest BCUT2D eigenvalue weighted by Gasteiger charge is 2.17. The number of nitrogens with zero attached hydrogens (tertiary/aromatic N) is 1. The minimum absolute atomic E-state index is 0.154. The molecule has 1 aromatic carbocycles. The van der Waals surface area contributed by atoms with Gasteiger partial charge in [0.1, 0.15) is 0 Å². The van der Waals surface area contributed by atoms with E-state index >= 15 is 0 Å². The Hall–Kier alpha value is -1.52. The molecule has 6 heteroatoms. The van der Waals surface area contributed by atoms with Crippen molar-refractivity contribution < 1.29 is 14.6 Å². The van der Waals surface area contributed by atoms with Crippen LogP contribution in [0.5, 0.6) is 5.75 Å². The average molecular weight is 272 g/mol. The fourth-order valence-corrected chi connectivity index (χ4v) is 1.84. The lowest BCUT2D eigenvalue weighted by atomic mass is 10.1. The van der Waals surface area contributed by atoms with Gasteiger partial charge in [0.15, 0.2) is 11.4 Å². The van der Waals surface area contributed by atoms with Crippen LogP contribution in [0.3, 0.4) is 0 Å². The molecule has 0 spiro atoms. The van der Waals surface area contributed by atoms with Gasteiger partial charge >= 0.3 is 5.97 Å². The molecule has 0 saturated heterocycles. The second-order valence-electron chi connectivity index (χ2n) is 3.27. The van der Waals surface area contributed by atoms with Crippen LogP contribution in [0.15, 0.2) is 18.3 Å². The summed E-state index contributed by atoms with van der Waals surface area (Å²) in [6, 6.07) is 3.10. The Morgan fingerprint density at radius 2 is 2.06 bits per heavy atom. The molecule has 0 aliphatic carbocycles. The molecule has 1 aromatic heterocycles. The Morgan fingerprint density at radius 3 is 2.71 bits per heavy atom. The summed E-state index contributed by atoms with van der Waals surface area (Å²) in [4.78, 5) is 15.1. The smallest absolute Gasteiger partial charge is 0.360 e. The highest BCUT2D eigenvalue weighted by atomic mass is 35.5. The highest BCUT2D eigenvalue weighted by Crippen LogP contribution is 2.35. The van der Waals surface area contributed by atoms with E-state index in [2.05, 4.69) is 9.72 Å². The summed E-state index contributed by atoms with van der Waals surface area (Å²) in [5.74, 6) is -0.983. The van der Waals surface area contributed by atoms with Gasteiger partial charge in [0.25, 0.3) is 0 Å². The van der Waals surface area contributed by atoms with Gasteiger partial charge in [-0.2, -0.15) is 0 Å². The van der Waals surface area contributed by atoms with Crippen LogP contribution >= 0.6 is 23.2 Å². The van der Waals surface area contributed by atoms with Gasteiger partial charge < -0.3 is 9.84 Å². The summed E-state index contributed by atoms with van der Waals surface area (Å²) in [6.07, 6.45) is 1.37. The van der Waals surface area contributed by atoms with Crippen molar-refractivity contribution in [2.75, 3.05) is 7.11 Å². The van der Waals surface area contributed by atoms with Crippen molar-refractivity contribution in [2.45, 2.75) is 0 Å². The predicted molar refractivity (Wildman–Crippen MR) is 64.8 cm³/mol. The quantitative estimate of drug-likeness (QED) is 0.810. The number of aromatic nitrogens is 1. The molecular formula is C11H7Cl2NO3. The summed E-state index contributed by atoms with van der Waals surface area (Å²) in [5, 5.41) is 11.4. The predicted octanol–water partition coefficient (Wildman–Crippen LogP) is 3.03. The molecular weight excluding hydrogens is 265 g/mol. The number of benzene rings is 1. The topological polar surface area (TPSA) is 59.4 Å². The number of fused-ring (bicyclic) bond motifs is 1. The van der Waals surface area contributed by atoms with Gasteiger partial charge in [0, 0.05) is 17.0 Å². The number of rotatable bonds is 1. The Kier molecular flexibility index (Phi) is 3.09. The number of aromatic hydroxyl groups is 1. The molecule has 0 aliphatic rings. The summed E-state index contributed by atoms with van der Waals surface area (Å²) in [5.41, 5.74) is -0.154. The number of methoxy groups -OCH3 is 1. The molecule has 17 heavy (non-hydrogen) atoms. The van der Waals surface area contributed by atoms with Gasteiger partial charge in [-0.05, 0) is 12.1 Å². The fourth-order valence-electron chi connectivity index (χ4n) is 1.46.